The first-order valence-electron chi connectivity index (χ1n) is 10.2. The number of anilines is 1. The number of quaternary nitrogens is 1. The predicted molar refractivity (Wildman–Crippen MR) is 121 cm³/mol. The van der Waals surface area contributed by atoms with Gasteiger partial charge in [-0.15, -0.1) is 0 Å². The predicted octanol–water partition coefficient (Wildman–Crippen LogP) is 1.65. The number of methoxy groups -OCH3 is 1. The Morgan fingerprint density at radius 1 is 1.19 bits per heavy atom. The maximum Gasteiger partial charge on any atom is 0.260 e. The maximum absolute atomic E-state index is 12.7. The molecule has 31 heavy (non-hydrogen) atoms. The first kappa shape index (κ1) is 21.1. The van der Waals surface area contributed by atoms with Crippen molar-refractivity contribution in [3.8, 4) is 5.75 Å². The van der Waals surface area contributed by atoms with Gasteiger partial charge in [-0.05, 0) is 12.1 Å². The van der Waals surface area contributed by atoms with Crippen LogP contribution in [0.2, 0.25) is 0 Å². The highest BCUT2D eigenvalue weighted by atomic mass is 32.2. The molecule has 0 radical (unpaired) electrons. The number of aromatic amines is 1. The zero-order valence-electron chi connectivity index (χ0n) is 17.3. The molecule has 8 heteroatoms. The van der Waals surface area contributed by atoms with Gasteiger partial charge in [-0.1, -0.05) is 54.2 Å². The van der Waals surface area contributed by atoms with Gasteiger partial charge in [0.1, 0.15) is 18.8 Å². The van der Waals surface area contributed by atoms with Crippen LogP contribution in [0.3, 0.4) is 0 Å². The zero-order valence-corrected chi connectivity index (χ0v) is 18.1. The number of para-hydroxylation sites is 2. The fourth-order valence-corrected chi connectivity index (χ4v) is 4.40. The molecular weight excluding hydrogens is 412 g/mol. The summed E-state index contributed by atoms with van der Waals surface area (Å²) in [6.07, 6.45) is 0.752. The first-order valence-corrected chi connectivity index (χ1v) is 11.2. The standard InChI is InChI=1S/C23H24N4O3S/c1-30-20-10-6-5-9-19(20)24-21(28)15-31-23-25-18-11-12-27(14-17(18)22(29)26-23)13-16-7-3-2-4-8-16/h2-10H,11-15H2,1H3,(H,24,28)(H,25,26,29)/p+1. The molecule has 7 nitrogen and oxygen atoms in total. The van der Waals surface area contributed by atoms with Crippen molar-refractivity contribution in [1.29, 1.82) is 0 Å². The number of H-pyrrole nitrogens is 1. The number of rotatable bonds is 7. The van der Waals surface area contributed by atoms with Crippen LogP contribution in [-0.2, 0) is 24.3 Å². The van der Waals surface area contributed by atoms with Crippen LogP contribution >= 0.6 is 11.8 Å². The number of nitrogens with one attached hydrogen (secondary N) is 3. The molecule has 0 bridgehead atoms. The van der Waals surface area contributed by atoms with Crippen molar-refractivity contribution in [2.75, 3.05) is 24.7 Å². The van der Waals surface area contributed by atoms with Gasteiger partial charge in [-0.2, -0.15) is 0 Å². The van der Waals surface area contributed by atoms with Crippen LogP contribution in [0.15, 0.2) is 64.5 Å². The van der Waals surface area contributed by atoms with Crippen molar-refractivity contribution in [2.45, 2.75) is 24.7 Å². The molecule has 1 aromatic heterocycles. The topological polar surface area (TPSA) is 88.5 Å². The molecule has 3 aromatic rings. The number of carbonyl (C=O) groups excluding carboxylic acids is 1. The highest BCUT2D eigenvalue weighted by Crippen LogP contribution is 2.23. The molecular formula is C23H25N4O3S+. The highest BCUT2D eigenvalue weighted by Gasteiger charge is 2.24. The van der Waals surface area contributed by atoms with Crippen molar-refractivity contribution >= 4 is 23.4 Å². The van der Waals surface area contributed by atoms with Crippen molar-refractivity contribution < 1.29 is 14.4 Å². The van der Waals surface area contributed by atoms with E-state index in [2.05, 4.69) is 27.4 Å². The molecule has 0 saturated carbocycles. The van der Waals surface area contributed by atoms with Crippen LogP contribution in [0.25, 0.3) is 0 Å². The van der Waals surface area contributed by atoms with Crippen molar-refractivity contribution in [2.24, 2.45) is 0 Å². The number of thioether (sulfide) groups is 1. The third-order valence-electron chi connectivity index (χ3n) is 5.24. The Kier molecular flexibility index (Phi) is 6.69. The van der Waals surface area contributed by atoms with Crippen molar-refractivity contribution in [1.82, 2.24) is 9.97 Å². The van der Waals surface area contributed by atoms with Crippen LogP contribution in [-0.4, -0.2) is 35.3 Å². The van der Waals surface area contributed by atoms with E-state index in [1.54, 1.807) is 19.2 Å². The largest absolute Gasteiger partial charge is 0.495 e. The summed E-state index contributed by atoms with van der Waals surface area (Å²) >= 11 is 1.23. The molecule has 0 fully saturated rings. The van der Waals surface area contributed by atoms with Crippen LogP contribution in [0, 0.1) is 0 Å². The van der Waals surface area contributed by atoms with E-state index in [0.717, 1.165) is 30.8 Å². The lowest BCUT2D eigenvalue weighted by Gasteiger charge is -2.25. The third kappa shape index (κ3) is 5.34. The summed E-state index contributed by atoms with van der Waals surface area (Å²) in [6.45, 7) is 2.47. The average Bonchev–Trinajstić information content (AvgIpc) is 2.79. The summed E-state index contributed by atoms with van der Waals surface area (Å²) in [5.41, 5.74) is 3.36. The Labute approximate surface area is 184 Å². The van der Waals surface area contributed by atoms with Gasteiger partial charge in [-0.3, -0.25) is 9.59 Å². The number of hydrogen-bond acceptors (Lipinski definition) is 5. The molecule has 0 aliphatic carbocycles. The first-order chi connectivity index (χ1) is 15.1. The second-order valence-corrected chi connectivity index (χ2v) is 8.39. The summed E-state index contributed by atoms with van der Waals surface area (Å²) in [7, 11) is 1.56. The van der Waals surface area contributed by atoms with Gasteiger partial charge in [0, 0.05) is 12.0 Å². The third-order valence-corrected chi connectivity index (χ3v) is 6.11. The molecule has 2 heterocycles. The van der Waals surface area contributed by atoms with Crippen LogP contribution in [0.4, 0.5) is 5.69 Å². The number of ether oxygens (including phenoxy) is 1. The van der Waals surface area contributed by atoms with E-state index in [0.29, 0.717) is 23.1 Å². The molecule has 1 unspecified atom stereocenters. The number of nitrogens with zero attached hydrogens (tertiary/aromatic N) is 1. The van der Waals surface area contributed by atoms with E-state index in [1.165, 1.54) is 22.2 Å². The number of aromatic nitrogens is 2. The molecule has 1 atom stereocenters. The molecule has 0 saturated heterocycles. The molecule has 4 rings (SSSR count). The van der Waals surface area contributed by atoms with E-state index >= 15 is 0 Å². The van der Waals surface area contributed by atoms with Gasteiger partial charge in [-0.25, -0.2) is 4.98 Å². The Balaban J connectivity index is 1.37. The SMILES string of the molecule is COc1ccccc1NC(=O)CSc1nc2c(c(=O)[nH]1)C[NH+](Cc1ccccc1)CC2. The van der Waals surface area contributed by atoms with Gasteiger partial charge >= 0.3 is 0 Å². The highest BCUT2D eigenvalue weighted by molar-refractivity contribution is 7.99. The van der Waals surface area contributed by atoms with Gasteiger partial charge in [0.15, 0.2) is 5.16 Å². The second-order valence-electron chi connectivity index (χ2n) is 7.42. The van der Waals surface area contributed by atoms with Gasteiger partial charge in [0.2, 0.25) is 5.91 Å². The van der Waals surface area contributed by atoms with E-state index in [9.17, 15) is 9.59 Å². The number of fused-ring (bicyclic) bond motifs is 1. The number of carbonyl (C=O) groups is 1. The zero-order chi connectivity index (χ0) is 21.6. The molecule has 3 N–H and O–H groups in total. The van der Waals surface area contributed by atoms with E-state index < -0.39 is 0 Å². The fourth-order valence-electron chi connectivity index (χ4n) is 3.72. The smallest absolute Gasteiger partial charge is 0.260 e. The van der Waals surface area contributed by atoms with Crippen LogP contribution < -0.4 is 20.5 Å². The monoisotopic (exact) mass is 437 g/mol. The maximum atomic E-state index is 12.7. The van der Waals surface area contributed by atoms with E-state index in [-0.39, 0.29) is 17.2 Å². The lowest BCUT2D eigenvalue weighted by molar-refractivity contribution is -0.929. The lowest BCUT2D eigenvalue weighted by Crippen LogP contribution is -3.10. The molecule has 1 aliphatic rings. The summed E-state index contributed by atoms with van der Waals surface area (Å²) in [5.74, 6) is 0.558. The van der Waals surface area contributed by atoms with E-state index in [1.807, 2.05) is 30.3 Å². The Bertz CT molecular complexity index is 1120. The average molecular weight is 438 g/mol. The fraction of sp³-hybridized carbons (Fsp3) is 0.261. The molecule has 1 amide bonds. The normalized spacial score (nSPS) is 15.2. The van der Waals surface area contributed by atoms with Crippen molar-refractivity contribution in [3.63, 3.8) is 0 Å². The Hall–Kier alpha value is -3.10. The van der Waals surface area contributed by atoms with Gasteiger partial charge in [0.25, 0.3) is 5.56 Å². The molecule has 0 spiro atoms. The van der Waals surface area contributed by atoms with Crippen LogP contribution in [0.1, 0.15) is 16.8 Å². The minimum atomic E-state index is -0.187. The Morgan fingerprint density at radius 3 is 2.77 bits per heavy atom. The summed E-state index contributed by atoms with van der Waals surface area (Å²) < 4.78 is 5.25. The quantitative estimate of drug-likeness (QED) is 0.386. The summed E-state index contributed by atoms with van der Waals surface area (Å²) in [5, 5.41) is 3.31. The second kappa shape index (κ2) is 9.80. The number of amides is 1. The van der Waals surface area contributed by atoms with Gasteiger partial charge in [0.05, 0.1) is 36.4 Å². The van der Waals surface area contributed by atoms with Crippen LogP contribution in [0.5, 0.6) is 5.75 Å². The van der Waals surface area contributed by atoms with Gasteiger partial charge < -0.3 is 19.9 Å². The van der Waals surface area contributed by atoms with Crippen molar-refractivity contribution in [3.05, 3.63) is 81.8 Å². The minimum absolute atomic E-state index is 0.108. The summed E-state index contributed by atoms with van der Waals surface area (Å²) in [4.78, 5) is 33.8. The molecule has 2 aromatic carbocycles. The lowest BCUT2D eigenvalue weighted by atomic mass is 10.1. The number of benzene rings is 2. The number of hydrogen-bond donors (Lipinski definition) is 3. The molecule has 160 valence electrons. The minimum Gasteiger partial charge on any atom is -0.495 e. The Morgan fingerprint density at radius 2 is 1.97 bits per heavy atom. The van der Waals surface area contributed by atoms with E-state index in [4.69, 9.17) is 4.74 Å². The molecule has 1 aliphatic heterocycles. The summed E-state index contributed by atoms with van der Waals surface area (Å²) in [6, 6.07) is 17.5.